The summed E-state index contributed by atoms with van der Waals surface area (Å²) in [7, 11) is 0. The maximum absolute atomic E-state index is 12.7. The van der Waals surface area contributed by atoms with E-state index in [0.29, 0.717) is 29.3 Å². The van der Waals surface area contributed by atoms with E-state index in [1.54, 1.807) is 0 Å². The van der Waals surface area contributed by atoms with Gasteiger partial charge in [-0.1, -0.05) is 0 Å². The molecule has 4 rings (SSSR count). The first-order valence-electron chi connectivity index (χ1n) is 10.0. The summed E-state index contributed by atoms with van der Waals surface area (Å²) < 4.78 is 41.2. The van der Waals surface area contributed by atoms with Gasteiger partial charge in [0.2, 0.25) is 11.8 Å². The highest BCUT2D eigenvalue weighted by atomic mass is 19.3. The lowest BCUT2D eigenvalue weighted by atomic mass is 10.1. The van der Waals surface area contributed by atoms with Crippen LogP contribution in [-0.2, 0) is 6.42 Å². The summed E-state index contributed by atoms with van der Waals surface area (Å²) in [6.07, 6.45) is 4.70. The summed E-state index contributed by atoms with van der Waals surface area (Å²) in [5, 5.41) is 0. The highest BCUT2D eigenvalue weighted by molar-refractivity contribution is 5.96. The number of benzene rings is 1. The fourth-order valence-corrected chi connectivity index (χ4v) is 3.16. The largest absolute Gasteiger partial charge is 0.489 e. The molecule has 172 valence electrons. The summed E-state index contributed by atoms with van der Waals surface area (Å²) in [6.45, 7) is -2.59. The normalized spacial score (nSPS) is 13.2. The Bertz CT molecular complexity index is 1190. The van der Waals surface area contributed by atoms with Crippen molar-refractivity contribution in [2.45, 2.75) is 25.9 Å². The number of rotatable bonds is 10. The SMILES string of the molecule is NC(=O)c1cnc(C(N)=O)c(Cc2coc(-c3ccc(OC(F)F)c(OCC4CC4)c3)n2)c1. The number of alkyl halides is 2. The molecular weight excluding hydrogens is 438 g/mol. The van der Waals surface area contributed by atoms with Crippen molar-refractivity contribution in [3.05, 3.63) is 59.2 Å². The Morgan fingerprint density at radius 3 is 2.61 bits per heavy atom. The first-order chi connectivity index (χ1) is 15.8. The molecule has 2 aromatic heterocycles. The molecule has 9 nitrogen and oxygen atoms in total. The average Bonchev–Trinajstić information content (AvgIpc) is 3.49. The topological polar surface area (TPSA) is 144 Å². The average molecular weight is 458 g/mol. The number of aromatic nitrogens is 2. The number of carbonyl (C=O) groups is 2. The van der Waals surface area contributed by atoms with E-state index < -0.39 is 18.4 Å². The first kappa shape index (κ1) is 22.2. The molecule has 1 fully saturated rings. The Labute approximate surface area is 186 Å². The summed E-state index contributed by atoms with van der Waals surface area (Å²) in [5.41, 5.74) is 12.0. The van der Waals surface area contributed by atoms with Crippen molar-refractivity contribution in [3.63, 3.8) is 0 Å². The maximum Gasteiger partial charge on any atom is 0.387 e. The van der Waals surface area contributed by atoms with Crippen LogP contribution in [0.4, 0.5) is 8.78 Å². The second kappa shape index (κ2) is 9.23. The van der Waals surface area contributed by atoms with E-state index in [2.05, 4.69) is 14.7 Å². The number of hydrogen-bond donors (Lipinski definition) is 2. The second-order valence-electron chi connectivity index (χ2n) is 7.58. The van der Waals surface area contributed by atoms with Crippen molar-refractivity contribution in [1.82, 2.24) is 9.97 Å². The van der Waals surface area contributed by atoms with Crippen LogP contribution in [0.15, 0.2) is 41.1 Å². The zero-order valence-electron chi connectivity index (χ0n) is 17.3. The van der Waals surface area contributed by atoms with Crippen LogP contribution in [0.25, 0.3) is 11.5 Å². The van der Waals surface area contributed by atoms with E-state index in [4.69, 9.17) is 20.6 Å². The lowest BCUT2D eigenvalue weighted by Gasteiger charge is -2.12. The van der Waals surface area contributed by atoms with Crippen LogP contribution in [-0.4, -0.2) is 35.0 Å². The van der Waals surface area contributed by atoms with Gasteiger partial charge < -0.3 is 25.4 Å². The van der Waals surface area contributed by atoms with Crippen molar-refractivity contribution < 1.29 is 32.3 Å². The molecular formula is C22H20F2N4O5. The van der Waals surface area contributed by atoms with Crippen molar-refractivity contribution in [2.75, 3.05) is 6.61 Å². The zero-order chi connectivity index (χ0) is 23.5. The molecule has 1 saturated carbocycles. The molecule has 0 saturated heterocycles. The van der Waals surface area contributed by atoms with E-state index in [1.165, 1.54) is 36.7 Å². The molecule has 3 aromatic rings. The summed E-state index contributed by atoms with van der Waals surface area (Å²) in [5.74, 6) is -0.784. The smallest absolute Gasteiger partial charge is 0.387 e. The Balaban J connectivity index is 1.59. The molecule has 1 aliphatic carbocycles. The number of hydrogen-bond acceptors (Lipinski definition) is 7. The molecule has 4 N–H and O–H groups in total. The van der Waals surface area contributed by atoms with Crippen LogP contribution >= 0.6 is 0 Å². The molecule has 0 bridgehead atoms. The van der Waals surface area contributed by atoms with Gasteiger partial charge in [0.15, 0.2) is 11.5 Å². The molecule has 2 heterocycles. The van der Waals surface area contributed by atoms with Gasteiger partial charge in [-0.05, 0) is 48.6 Å². The van der Waals surface area contributed by atoms with Gasteiger partial charge in [0.05, 0.1) is 17.9 Å². The number of ether oxygens (including phenoxy) is 2. The fourth-order valence-electron chi connectivity index (χ4n) is 3.16. The first-order valence-corrected chi connectivity index (χ1v) is 10.0. The molecule has 0 spiro atoms. The highest BCUT2D eigenvalue weighted by Gasteiger charge is 2.23. The Hall–Kier alpha value is -4.02. The molecule has 33 heavy (non-hydrogen) atoms. The van der Waals surface area contributed by atoms with Crippen LogP contribution in [0.2, 0.25) is 0 Å². The lowest BCUT2D eigenvalue weighted by Crippen LogP contribution is -2.19. The van der Waals surface area contributed by atoms with Gasteiger partial charge in [0, 0.05) is 18.2 Å². The quantitative estimate of drug-likeness (QED) is 0.475. The minimum absolute atomic E-state index is 0.0196. The lowest BCUT2D eigenvalue weighted by molar-refractivity contribution is -0.0515. The van der Waals surface area contributed by atoms with Gasteiger partial charge in [-0.25, -0.2) is 9.97 Å². The van der Waals surface area contributed by atoms with Crippen LogP contribution in [0.5, 0.6) is 11.5 Å². The number of primary amides is 2. The third kappa shape index (κ3) is 5.43. The van der Waals surface area contributed by atoms with Gasteiger partial charge in [-0.15, -0.1) is 0 Å². The summed E-state index contributed by atoms with van der Waals surface area (Å²) in [6, 6.07) is 5.81. The van der Waals surface area contributed by atoms with E-state index in [9.17, 15) is 18.4 Å². The molecule has 1 aromatic carbocycles. The van der Waals surface area contributed by atoms with Gasteiger partial charge >= 0.3 is 6.61 Å². The van der Waals surface area contributed by atoms with E-state index >= 15 is 0 Å². The molecule has 0 atom stereocenters. The molecule has 2 amide bonds. The van der Waals surface area contributed by atoms with E-state index in [0.717, 1.165) is 12.8 Å². The number of nitrogens with zero attached hydrogens (tertiary/aromatic N) is 2. The van der Waals surface area contributed by atoms with Crippen molar-refractivity contribution >= 4 is 11.8 Å². The Kier molecular flexibility index (Phi) is 6.20. The molecule has 0 radical (unpaired) electrons. The van der Waals surface area contributed by atoms with Crippen molar-refractivity contribution in [1.29, 1.82) is 0 Å². The molecule has 1 aliphatic rings. The second-order valence-corrected chi connectivity index (χ2v) is 7.58. The van der Waals surface area contributed by atoms with E-state index in [1.807, 2.05) is 0 Å². The summed E-state index contributed by atoms with van der Waals surface area (Å²) in [4.78, 5) is 31.5. The number of halogens is 2. The van der Waals surface area contributed by atoms with Gasteiger partial charge in [0.1, 0.15) is 12.0 Å². The maximum atomic E-state index is 12.7. The standard InChI is InChI=1S/C22H20F2N4O5/c23-22(24)33-16-4-3-12(7-17(16)31-9-11-1-2-11)21-28-15(10-32-21)6-13-5-14(19(25)29)8-27-18(13)20(26)30/h3-5,7-8,10-11,22H,1-2,6,9H2,(H2,25,29)(H2,26,30). The Morgan fingerprint density at radius 2 is 1.94 bits per heavy atom. The zero-order valence-corrected chi connectivity index (χ0v) is 17.3. The molecule has 0 unspecified atom stereocenters. The summed E-state index contributed by atoms with van der Waals surface area (Å²) >= 11 is 0. The number of oxazole rings is 1. The van der Waals surface area contributed by atoms with Crippen LogP contribution in [0, 0.1) is 5.92 Å². The third-order valence-corrected chi connectivity index (χ3v) is 4.99. The predicted molar refractivity (Wildman–Crippen MR) is 111 cm³/mol. The highest BCUT2D eigenvalue weighted by Crippen LogP contribution is 2.36. The van der Waals surface area contributed by atoms with Crippen molar-refractivity contribution in [3.8, 4) is 23.0 Å². The van der Waals surface area contributed by atoms with Gasteiger partial charge in [-0.2, -0.15) is 8.78 Å². The third-order valence-electron chi connectivity index (χ3n) is 4.99. The van der Waals surface area contributed by atoms with Crippen LogP contribution in [0.3, 0.4) is 0 Å². The van der Waals surface area contributed by atoms with Crippen molar-refractivity contribution in [2.24, 2.45) is 17.4 Å². The number of amides is 2. The van der Waals surface area contributed by atoms with E-state index in [-0.39, 0.29) is 35.1 Å². The van der Waals surface area contributed by atoms with Crippen LogP contribution < -0.4 is 20.9 Å². The minimum atomic E-state index is -2.99. The monoisotopic (exact) mass is 458 g/mol. The van der Waals surface area contributed by atoms with Crippen LogP contribution in [0.1, 0.15) is 44.9 Å². The number of carbonyl (C=O) groups excluding carboxylic acids is 2. The predicted octanol–water partition coefficient (Wildman–Crippen LogP) is 2.92. The Morgan fingerprint density at radius 1 is 1.15 bits per heavy atom. The minimum Gasteiger partial charge on any atom is -0.489 e. The number of nitrogens with two attached hydrogens (primary N) is 2. The van der Waals surface area contributed by atoms with Gasteiger partial charge in [0.25, 0.3) is 5.91 Å². The fraction of sp³-hybridized carbons (Fsp3) is 0.273. The van der Waals surface area contributed by atoms with Gasteiger partial charge in [-0.3, -0.25) is 9.59 Å². The number of pyridine rings is 1. The molecule has 11 heteroatoms. The molecule has 0 aliphatic heterocycles.